The second-order valence-corrected chi connectivity index (χ2v) is 3.01. The molecule has 0 aliphatic heterocycles. The van der Waals surface area contributed by atoms with Crippen molar-refractivity contribution in [1.29, 1.82) is 0 Å². The molecule has 0 fully saturated rings. The van der Waals surface area contributed by atoms with Gasteiger partial charge in [0.2, 0.25) is 0 Å². The van der Waals surface area contributed by atoms with Crippen LogP contribution in [0.4, 0.5) is 0 Å². The van der Waals surface area contributed by atoms with Crippen LogP contribution in [0.5, 0.6) is 0 Å². The first-order chi connectivity index (χ1) is 4.00. The molecule has 0 aromatic carbocycles. The van der Waals surface area contributed by atoms with Crippen LogP contribution in [-0.4, -0.2) is 0 Å². The van der Waals surface area contributed by atoms with Crippen molar-refractivity contribution in [1.82, 2.24) is 0 Å². The summed E-state index contributed by atoms with van der Waals surface area (Å²) in [7, 11) is 0. The second-order valence-electron chi connectivity index (χ2n) is 3.01. The van der Waals surface area contributed by atoms with E-state index in [0.717, 1.165) is 5.92 Å². The molecule has 9 heavy (non-hydrogen) atoms. The molecule has 0 spiro atoms. The number of hydrogen-bond acceptors (Lipinski definition) is 0. The Balaban J connectivity index is 0. The summed E-state index contributed by atoms with van der Waals surface area (Å²) in [5.41, 5.74) is 1.17. The van der Waals surface area contributed by atoms with Gasteiger partial charge in [0.15, 0.2) is 0 Å². The fourth-order valence-corrected chi connectivity index (χ4v) is 0. The molecule has 0 aliphatic carbocycles. The first-order valence-electron chi connectivity index (χ1n) is 3.62. The molecule has 0 aromatic rings. The molecule has 0 heterocycles. The summed E-state index contributed by atoms with van der Waals surface area (Å²) in [6.45, 7) is 14.1. The summed E-state index contributed by atoms with van der Waals surface area (Å²) in [5.74, 6) is 0.884. The number of hydrogen-bond donors (Lipinski definition) is 0. The van der Waals surface area contributed by atoms with Crippen LogP contribution in [-0.2, 0) is 0 Å². The van der Waals surface area contributed by atoms with E-state index in [4.69, 9.17) is 0 Å². The fraction of sp³-hybridized carbons (Fsp3) is 0.778. The molecule has 0 atom stereocenters. The van der Waals surface area contributed by atoms with Gasteiger partial charge < -0.3 is 0 Å². The van der Waals surface area contributed by atoms with Gasteiger partial charge in [0.1, 0.15) is 0 Å². The topological polar surface area (TPSA) is 0 Å². The van der Waals surface area contributed by atoms with Crippen molar-refractivity contribution in [2.45, 2.75) is 41.0 Å². The lowest BCUT2D eigenvalue weighted by Gasteiger charge is -1.90. The Labute approximate surface area is 60.0 Å². The van der Waals surface area contributed by atoms with Crippen molar-refractivity contribution in [2.75, 3.05) is 0 Å². The van der Waals surface area contributed by atoms with Crippen LogP contribution in [0.15, 0.2) is 12.2 Å². The lowest BCUT2D eigenvalue weighted by Crippen LogP contribution is -1.77. The first kappa shape index (κ1) is 11.5. The smallest absolute Gasteiger partial charge is 0.0445 e. The summed E-state index contributed by atoms with van der Waals surface area (Å²) in [4.78, 5) is 0. The van der Waals surface area contributed by atoms with Crippen LogP contribution in [0.25, 0.3) is 0 Å². The standard InChI is InChI=1S/C5H12.C4H8/c1-4-5(2)3;1-4(2)3/h5H,4H2,1-3H3;1H2,2-3H3. The molecule has 0 bridgehead atoms. The van der Waals surface area contributed by atoms with Gasteiger partial charge in [-0.2, -0.15) is 0 Å². The van der Waals surface area contributed by atoms with E-state index in [9.17, 15) is 0 Å². The van der Waals surface area contributed by atoms with E-state index >= 15 is 0 Å². The molecule has 0 saturated carbocycles. The molecule has 0 rings (SSSR count). The zero-order valence-corrected chi connectivity index (χ0v) is 7.49. The van der Waals surface area contributed by atoms with Crippen LogP contribution in [0.1, 0.15) is 41.0 Å². The van der Waals surface area contributed by atoms with Gasteiger partial charge in [-0.05, 0) is 19.8 Å². The number of rotatable bonds is 1. The van der Waals surface area contributed by atoms with Crippen molar-refractivity contribution in [3.63, 3.8) is 0 Å². The van der Waals surface area contributed by atoms with Crippen LogP contribution in [0.2, 0.25) is 0 Å². The maximum atomic E-state index is 3.56. The quantitative estimate of drug-likeness (QED) is 0.473. The van der Waals surface area contributed by atoms with E-state index in [1.165, 1.54) is 12.0 Å². The summed E-state index contributed by atoms with van der Waals surface area (Å²) in [5, 5.41) is 0. The minimum atomic E-state index is 0.884. The summed E-state index contributed by atoms with van der Waals surface area (Å²) < 4.78 is 0. The van der Waals surface area contributed by atoms with Crippen molar-refractivity contribution in [3.8, 4) is 0 Å². The van der Waals surface area contributed by atoms with Crippen molar-refractivity contribution < 1.29 is 0 Å². The molecular formula is C9H20. The molecule has 0 amide bonds. The highest BCUT2D eigenvalue weighted by Gasteiger charge is 1.80. The molecule has 0 saturated heterocycles. The molecule has 0 aromatic heterocycles. The Morgan fingerprint density at radius 2 is 1.44 bits per heavy atom. The lowest BCUT2D eigenvalue weighted by molar-refractivity contribution is 0.626. The zero-order valence-electron chi connectivity index (χ0n) is 7.49. The maximum Gasteiger partial charge on any atom is -0.0445 e. The Hall–Kier alpha value is -0.260. The third kappa shape index (κ3) is 84.2. The molecule has 0 heteroatoms. The first-order valence-corrected chi connectivity index (χ1v) is 3.62. The van der Waals surface area contributed by atoms with E-state index in [0.29, 0.717) is 0 Å². The van der Waals surface area contributed by atoms with E-state index in [2.05, 4.69) is 27.4 Å². The predicted molar refractivity (Wildman–Crippen MR) is 45.6 cm³/mol. The van der Waals surface area contributed by atoms with Gasteiger partial charge in [0.25, 0.3) is 0 Å². The largest absolute Gasteiger partial charge is 0.100 e. The van der Waals surface area contributed by atoms with E-state index in [-0.39, 0.29) is 0 Å². The van der Waals surface area contributed by atoms with Gasteiger partial charge in [-0.1, -0.05) is 32.8 Å². The normalized spacial score (nSPS) is 8.22. The highest BCUT2D eigenvalue weighted by atomic mass is 13.9. The van der Waals surface area contributed by atoms with Gasteiger partial charge in [0.05, 0.1) is 0 Å². The average molecular weight is 128 g/mol. The van der Waals surface area contributed by atoms with Gasteiger partial charge >= 0.3 is 0 Å². The Morgan fingerprint density at radius 3 is 1.44 bits per heavy atom. The summed E-state index contributed by atoms with van der Waals surface area (Å²) in [6.07, 6.45) is 1.31. The number of allylic oxidation sites excluding steroid dienone is 1. The monoisotopic (exact) mass is 128 g/mol. The van der Waals surface area contributed by atoms with Gasteiger partial charge in [-0.15, -0.1) is 6.58 Å². The minimum absolute atomic E-state index is 0.884. The van der Waals surface area contributed by atoms with E-state index < -0.39 is 0 Å². The molecule has 0 nitrogen and oxygen atoms in total. The van der Waals surface area contributed by atoms with Crippen molar-refractivity contribution in [3.05, 3.63) is 12.2 Å². The lowest BCUT2D eigenvalue weighted by atomic mass is 10.2. The van der Waals surface area contributed by atoms with Crippen LogP contribution < -0.4 is 0 Å². The van der Waals surface area contributed by atoms with Crippen molar-refractivity contribution in [2.24, 2.45) is 5.92 Å². The highest BCUT2D eigenvalue weighted by Crippen LogP contribution is 1.93. The average Bonchev–Trinajstić information content (AvgIpc) is 1.65. The molecule has 0 N–H and O–H groups in total. The Morgan fingerprint density at radius 1 is 1.33 bits per heavy atom. The third-order valence-electron chi connectivity index (χ3n) is 0.816. The predicted octanol–water partition coefficient (Wildman–Crippen LogP) is 3.63. The second kappa shape index (κ2) is 7.74. The van der Waals surface area contributed by atoms with E-state index in [1.54, 1.807) is 0 Å². The third-order valence-corrected chi connectivity index (χ3v) is 0.816. The molecular weight excluding hydrogens is 108 g/mol. The summed E-state index contributed by atoms with van der Waals surface area (Å²) in [6, 6.07) is 0. The van der Waals surface area contributed by atoms with Gasteiger partial charge in [-0.3, -0.25) is 0 Å². The SMILES string of the molecule is C=C(C)C.CCC(C)C. The summed E-state index contributed by atoms with van der Waals surface area (Å²) >= 11 is 0. The molecule has 56 valence electrons. The van der Waals surface area contributed by atoms with Crippen molar-refractivity contribution >= 4 is 0 Å². The van der Waals surface area contributed by atoms with Gasteiger partial charge in [-0.25, -0.2) is 0 Å². The molecule has 0 radical (unpaired) electrons. The van der Waals surface area contributed by atoms with Crippen LogP contribution in [0, 0.1) is 5.92 Å². The molecule has 0 unspecified atom stereocenters. The molecule has 0 aliphatic rings. The maximum absolute atomic E-state index is 3.56. The Bertz CT molecular complexity index is 56.4. The Kier molecular flexibility index (Phi) is 9.91. The minimum Gasteiger partial charge on any atom is -0.100 e. The van der Waals surface area contributed by atoms with Crippen LogP contribution >= 0.6 is 0 Å². The van der Waals surface area contributed by atoms with Crippen LogP contribution in [0.3, 0.4) is 0 Å². The highest BCUT2D eigenvalue weighted by molar-refractivity contribution is 4.78. The fourth-order valence-electron chi connectivity index (χ4n) is 0. The van der Waals surface area contributed by atoms with E-state index in [1.807, 2.05) is 13.8 Å². The zero-order chi connectivity index (χ0) is 7.86. The van der Waals surface area contributed by atoms with Gasteiger partial charge in [0, 0.05) is 0 Å².